The summed E-state index contributed by atoms with van der Waals surface area (Å²) >= 11 is 0. The van der Waals surface area contributed by atoms with Gasteiger partial charge in [0.2, 0.25) is 5.91 Å². The minimum absolute atomic E-state index is 0.0139. The molecular formula is C22H19FN2O4. The Bertz CT molecular complexity index is 1000. The van der Waals surface area contributed by atoms with Crippen molar-refractivity contribution in [2.24, 2.45) is 23.7 Å². The van der Waals surface area contributed by atoms with Crippen molar-refractivity contribution in [1.82, 2.24) is 0 Å². The molecule has 2 N–H and O–H groups in total. The number of carbonyl (C=O) groups excluding carboxylic acids is 3. The van der Waals surface area contributed by atoms with E-state index < -0.39 is 0 Å². The van der Waals surface area contributed by atoms with Gasteiger partial charge < -0.3 is 15.4 Å². The van der Waals surface area contributed by atoms with E-state index >= 15 is 0 Å². The van der Waals surface area contributed by atoms with Gasteiger partial charge in [0.15, 0.2) is 0 Å². The predicted octanol–water partition coefficient (Wildman–Crippen LogP) is 3.21. The van der Waals surface area contributed by atoms with Crippen LogP contribution in [-0.2, 0) is 14.3 Å². The van der Waals surface area contributed by atoms with Gasteiger partial charge in [0.05, 0.1) is 11.8 Å². The molecule has 1 aliphatic heterocycles. The molecule has 3 fully saturated rings. The first-order valence-corrected chi connectivity index (χ1v) is 9.68. The number of nitrogens with one attached hydrogen (secondary N) is 2. The van der Waals surface area contributed by atoms with Crippen molar-refractivity contribution in [3.63, 3.8) is 0 Å². The second-order valence-electron chi connectivity index (χ2n) is 7.95. The Hall–Kier alpha value is -3.22. The van der Waals surface area contributed by atoms with E-state index in [1.807, 2.05) is 0 Å². The van der Waals surface area contributed by atoms with Gasteiger partial charge in [0.25, 0.3) is 5.91 Å². The molecule has 0 unspecified atom stereocenters. The van der Waals surface area contributed by atoms with Gasteiger partial charge >= 0.3 is 5.97 Å². The van der Waals surface area contributed by atoms with Crippen LogP contribution in [0.4, 0.5) is 15.8 Å². The van der Waals surface area contributed by atoms with Crippen LogP contribution in [0.25, 0.3) is 0 Å². The molecule has 0 spiro atoms. The molecule has 2 amide bonds. The molecule has 1 heterocycles. The number of amides is 2. The van der Waals surface area contributed by atoms with Crippen LogP contribution in [0.2, 0.25) is 0 Å². The Morgan fingerprint density at radius 1 is 1.00 bits per heavy atom. The zero-order valence-electron chi connectivity index (χ0n) is 15.4. The number of fused-ring (bicyclic) bond motifs is 1. The summed E-state index contributed by atoms with van der Waals surface area (Å²) in [6.45, 7) is 0. The third-order valence-corrected chi connectivity index (χ3v) is 6.28. The summed E-state index contributed by atoms with van der Waals surface area (Å²) in [5.74, 6) is -1.58. The Labute approximate surface area is 166 Å². The average molecular weight is 394 g/mol. The average Bonchev–Trinajstić information content (AvgIpc) is 3.32. The number of rotatable bonds is 4. The topological polar surface area (TPSA) is 84.5 Å². The Morgan fingerprint density at radius 3 is 2.59 bits per heavy atom. The van der Waals surface area contributed by atoms with Crippen molar-refractivity contribution in [3.8, 4) is 0 Å². The van der Waals surface area contributed by atoms with E-state index in [1.165, 1.54) is 24.3 Å². The van der Waals surface area contributed by atoms with Crippen molar-refractivity contribution in [3.05, 3.63) is 59.9 Å². The van der Waals surface area contributed by atoms with Gasteiger partial charge in [0.1, 0.15) is 11.9 Å². The van der Waals surface area contributed by atoms with Gasteiger partial charge in [-0.2, -0.15) is 0 Å². The molecule has 2 aromatic rings. The summed E-state index contributed by atoms with van der Waals surface area (Å²) < 4.78 is 18.4. The number of anilines is 2. The molecule has 148 valence electrons. The number of esters is 1. The zero-order chi connectivity index (χ0) is 20.1. The summed E-state index contributed by atoms with van der Waals surface area (Å²) in [6, 6.07) is 12.1. The molecule has 5 atom stereocenters. The number of ether oxygens (including phenoxy) is 1. The zero-order valence-corrected chi connectivity index (χ0v) is 15.4. The summed E-state index contributed by atoms with van der Waals surface area (Å²) in [5, 5.41) is 5.55. The van der Waals surface area contributed by atoms with E-state index in [-0.39, 0.29) is 53.4 Å². The lowest BCUT2D eigenvalue weighted by Gasteiger charge is -2.23. The minimum atomic E-state index is -0.384. The molecule has 2 aliphatic carbocycles. The maximum Gasteiger partial charge on any atom is 0.310 e. The number of hydrogen-bond acceptors (Lipinski definition) is 4. The van der Waals surface area contributed by atoms with Gasteiger partial charge in [-0.25, -0.2) is 4.39 Å². The minimum Gasteiger partial charge on any atom is -0.462 e. The van der Waals surface area contributed by atoms with Crippen molar-refractivity contribution < 1.29 is 23.5 Å². The molecule has 1 saturated heterocycles. The van der Waals surface area contributed by atoms with E-state index in [1.54, 1.807) is 24.3 Å². The lowest BCUT2D eigenvalue weighted by molar-refractivity contribution is -0.145. The molecule has 6 nitrogen and oxygen atoms in total. The van der Waals surface area contributed by atoms with Gasteiger partial charge in [-0.05, 0) is 61.2 Å². The quantitative estimate of drug-likeness (QED) is 0.780. The lowest BCUT2D eigenvalue weighted by Crippen LogP contribution is -2.35. The molecule has 2 bridgehead atoms. The smallest absolute Gasteiger partial charge is 0.310 e. The number of carbonyl (C=O) groups is 3. The molecule has 5 rings (SSSR count). The first-order chi connectivity index (χ1) is 14.0. The maximum absolute atomic E-state index is 13.0. The second kappa shape index (κ2) is 6.69. The van der Waals surface area contributed by atoms with E-state index in [2.05, 4.69) is 10.6 Å². The van der Waals surface area contributed by atoms with Gasteiger partial charge in [0, 0.05) is 22.9 Å². The molecule has 2 saturated carbocycles. The van der Waals surface area contributed by atoms with Crippen LogP contribution < -0.4 is 10.6 Å². The molecule has 7 heteroatoms. The monoisotopic (exact) mass is 394 g/mol. The first kappa shape index (κ1) is 17.8. The highest BCUT2D eigenvalue weighted by Gasteiger charge is 2.63. The summed E-state index contributed by atoms with van der Waals surface area (Å²) in [6.07, 6.45) is 1.60. The van der Waals surface area contributed by atoms with Crippen molar-refractivity contribution in [2.75, 3.05) is 10.6 Å². The molecule has 3 aliphatic rings. The Balaban J connectivity index is 1.29. The summed E-state index contributed by atoms with van der Waals surface area (Å²) in [7, 11) is 0. The standard InChI is InChI=1S/C22H19FN2O4/c23-13-4-6-14(7-5-13)24-20(26)11-2-1-3-15(8-11)25-21(27)18-12-9-16-17(10-12)29-22(28)19(16)18/h1-8,12,16-19H,9-10H2,(H,24,26)(H,25,27)/t12-,16+,17+,18-,19-/m1/s1. The van der Waals surface area contributed by atoms with Crippen molar-refractivity contribution >= 4 is 29.2 Å². The van der Waals surface area contributed by atoms with Crippen LogP contribution >= 0.6 is 0 Å². The largest absolute Gasteiger partial charge is 0.462 e. The van der Waals surface area contributed by atoms with Crippen LogP contribution in [0.1, 0.15) is 23.2 Å². The SMILES string of the molecule is O=C(Nc1ccc(F)cc1)c1cccc(NC(=O)[C@@H]2[C@@H]3C[C@@H]4[C@H]2C(=O)O[C@H]4C3)c1. The highest BCUT2D eigenvalue weighted by atomic mass is 19.1. The highest BCUT2D eigenvalue weighted by molar-refractivity contribution is 6.05. The van der Waals surface area contributed by atoms with Crippen molar-refractivity contribution in [2.45, 2.75) is 18.9 Å². The second-order valence-corrected chi connectivity index (χ2v) is 7.95. The normalized spacial score (nSPS) is 28.9. The lowest BCUT2D eigenvalue weighted by atomic mass is 9.79. The summed E-state index contributed by atoms with van der Waals surface area (Å²) in [5.41, 5.74) is 1.33. The van der Waals surface area contributed by atoms with Crippen LogP contribution in [0.3, 0.4) is 0 Å². The van der Waals surface area contributed by atoms with Gasteiger partial charge in [-0.1, -0.05) is 6.07 Å². The van der Waals surface area contributed by atoms with E-state index in [9.17, 15) is 18.8 Å². The molecule has 29 heavy (non-hydrogen) atoms. The number of benzene rings is 2. The third-order valence-electron chi connectivity index (χ3n) is 6.28. The fourth-order valence-electron chi connectivity index (χ4n) is 5.06. The fraction of sp³-hybridized carbons (Fsp3) is 0.318. The number of hydrogen-bond donors (Lipinski definition) is 2. The van der Waals surface area contributed by atoms with E-state index in [0.29, 0.717) is 16.9 Å². The maximum atomic E-state index is 13.0. The van der Waals surface area contributed by atoms with Crippen LogP contribution in [-0.4, -0.2) is 23.9 Å². The van der Waals surface area contributed by atoms with Crippen LogP contribution in [0.5, 0.6) is 0 Å². The summed E-state index contributed by atoms with van der Waals surface area (Å²) in [4.78, 5) is 37.5. The first-order valence-electron chi connectivity index (χ1n) is 9.68. The number of halogens is 1. The van der Waals surface area contributed by atoms with Crippen LogP contribution in [0.15, 0.2) is 48.5 Å². The fourth-order valence-corrected chi connectivity index (χ4v) is 5.06. The Kier molecular flexibility index (Phi) is 4.12. The molecule has 0 radical (unpaired) electrons. The third kappa shape index (κ3) is 3.06. The molecular weight excluding hydrogens is 375 g/mol. The Morgan fingerprint density at radius 2 is 1.79 bits per heavy atom. The van der Waals surface area contributed by atoms with Crippen molar-refractivity contribution in [1.29, 1.82) is 0 Å². The molecule has 2 aromatic carbocycles. The van der Waals surface area contributed by atoms with E-state index in [0.717, 1.165) is 12.8 Å². The van der Waals surface area contributed by atoms with Gasteiger partial charge in [-0.3, -0.25) is 14.4 Å². The predicted molar refractivity (Wildman–Crippen MR) is 102 cm³/mol. The van der Waals surface area contributed by atoms with Gasteiger partial charge in [-0.15, -0.1) is 0 Å². The molecule has 0 aromatic heterocycles. The highest BCUT2D eigenvalue weighted by Crippen LogP contribution is 2.57. The van der Waals surface area contributed by atoms with Crippen LogP contribution in [0, 0.1) is 29.5 Å². The van der Waals surface area contributed by atoms with E-state index in [4.69, 9.17) is 4.74 Å².